The fourth-order valence-electron chi connectivity index (χ4n) is 2.26. The van der Waals surface area contributed by atoms with Crippen molar-refractivity contribution in [1.29, 1.82) is 0 Å². The van der Waals surface area contributed by atoms with Gasteiger partial charge >= 0.3 is 0 Å². The molecule has 3 rings (SSSR count). The van der Waals surface area contributed by atoms with Crippen molar-refractivity contribution in [1.82, 2.24) is 0 Å². The molecule has 0 radical (unpaired) electrons. The first-order valence-electron chi connectivity index (χ1n) is 6.36. The molecular formula is C18H12BrCl. The first-order chi connectivity index (χ1) is 9.77. The summed E-state index contributed by atoms with van der Waals surface area (Å²) in [6.45, 7) is 0. The van der Waals surface area contributed by atoms with E-state index in [9.17, 15) is 0 Å². The lowest BCUT2D eigenvalue weighted by Gasteiger charge is -2.11. The van der Waals surface area contributed by atoms with Crippen LogP contribution in [0.2, 0.25) is 5.02 Å². The molecule has 2 heteroatoms. The van der Waals surface area contributed by atoms with Crippen LogP contribution in [-0.2, 0) is 0 Å². The molecule has 0 fully saturated rings. The predicted molar refractivity (Wildman–Crippen MR) is 90.0 cm³/mol. The molecule has 98 valence electrons. The molecule has 0 heterocycles. The minimum Gasteiger partial charge on any atom is -0.0837 e. The summed E-state index contributed by atoms with van der Waals surface area (Å²) in [5.74, 6) is 0. The number of hydrogen-bond acceptors (Lipinski definition) is 0. The molecule has 0 aliphatic heterocycles. The maximum Gasteiger partial charge on any atom is 0.0484 e. The van der Waals surface area contributed by atoms with Gasteiger partial charge < -0.3 is 0 Å². The van der Waals surface area contributed by atoms with Gasteiger partial charge in [0.05, 0.1) is 0 Å². The highest BCUT2D eigenvalue weighted by molar-refractivity contribution is 9.10. The van der Waals surface area contributed by atoms with Gasteiger partial charge in [-0.2, -0.15) is 0 Å². The highest BCUT2D eigenvalue weighted by atomic mass is 79.9. The van der Waals surface area contributed by atoms with E-state index in [2.05, 4.69) is 46.3 Å². The highest BCUT2D eigenvalue weighted by Gasteiger charge is 2.11. The van der Waals surface area contributed by atoms with E-state index in [-0.39, 0.29) is 0 Å². The summed E-state index contributed by atoms with van der Waals surface area (Å²) in [5, 5.41) is 0.762. The number of rotatable bonds is 2. The van der Waals surface area contributed by atoms with Crippen molar-refractivity contribution in [3.05, 3.63) is 82.3 Å². The molecule has 0 atom stereocenters. The van der Waals surface area contributed by atoms with Gasteiger partial charge in [-0.1, -0.05) is 78.3 Å². The number of halogens is 2. The van der Waals surface area contributed by atoms with Gasteiger partial charge in [-0.25, -0.2) is 0 Å². The van der Waals surface area contributed by atoms with E-state index in [1.54, 1.807) is 0 Å². The third-order valence-corrected chi connectivity index (χ3v) is 4.43. The molecule has 0 saturated heterocycles. The highest BCUT2D eigenvalue weighted by Crippen LogP contribution is 2.38. The molecule has 0 unspecified atom stereocenters. The van der Waals surface area contributed by atoms with Crippen LogP contribution in [0.3, 0.4) is 0 Å². The van der Waals surface area contributed by atoms with Crippen molar-refractivity contribution in [3.63, 3.8) is 0 Å². The third kappa shape index (κ3) is 2.52. The van der Waals surface area contributed by atoms with Crippen LogP contribution in [0.5, 0.6) is 0 Å². The van der Waals surface area contributed by atoms with Crippen LogP contribution in [-0.4, -0.2) is 0 Å². The molecule has 3 aromatic carbocycles. The van der Waals surface area contributed by atoms with Crippen molar-refractivity contribution < 1.29 is 0 Å². The zero-order valence-corrected chi connectivity index (χ0v) is 13.0. The Morgan fingerprint density at radius 2 is 1.20 bits per heavy atom. The summed E-state index contributed by atoms with van der Waals surface area (Å²) in [7, 11) is 0. The average molecular weight is 344 g/mol. The second-order valence-corrected chi connectivity index (χ2v) is 5.71. The molecule has 0 aliphatic carbocycles. The normalized spacial score (nSPS) is 10.5. The molecule has 20 heavy (non-hydrogen) atoms. The Morgan fingerprint density at radius 3 is 1.95 bits per heavy atom. The van der Waals surface area contributed by atoms with Crippen molar-refractivity contribution >= 4 is 27.5 Å². The van der Waals surface area contributed by atoms with Crippen molar-refractivity contribution in [3.8, 4) is 22.3 Å². The molecule has 0 aromatic heterocycles. The molecule has 0 saturated carbocycles. The fraction of sp³-hybridized carbons (Fsp3) is 0. The van der Waals surface area contributed by atoms with E-state index in [0.29, 0.717) is 0 Å². The van der Waals surface area contributed by atoms with Crippen LogP contribution in [0.25, 0.3) is 22.3 Å². The van der Waals surface area contributed by atoms with Gasteiger partial charge in [0.15, 0.2) is 0 Å². The second kappa shape index (κ2) is 5.82. The lowest BCUT2D eigenvalue weighted by molar-refractivity contribution is 1.55. The standard InChI is InChI=1S/C18H12BrCl/c19-18-14(13-7-2-1-3-8-13)10-6-11-16(18)15-9-4-5-12-17(15)20/h1-12H. The molecule has 0 aliphatic rings. The zero-order valence-electron chi connectivity index (χ0n) is 10.7. The van der Waals surface area contributed by atoms with Gasteiger partial charge in [-0.05, 0) is 38.7 Å². The molecule has 0 amide bonds. The van der Waals surface area contributed by atoms with E-state index >= 15 is 0 Å². The number of hydrogen-bond donors (Lipinski definition) is 0. The summed E-state index contributed by atoms with van der Waals surface area (Å²) in [5.41, 5.74) is 4.51. The van der Waals surface area contributed by atoms with Crippen LogP contribution in [0.1, 0.15) is 0 Å². The van der Waals surface area contributed by atoms with E-state index in [0.717, 1.165) is 20.6 Å². The average Bonchev–Trinajstić information content (AvgIpc) is 2.49. The van der Waals surface area contributed by atoms with Gasteiger partial charge in [-0.3, -0.25) is 0 Å². The summed E-state index contributed by atoms with van der Waals surface area (Å²) in [6.07, 6.45) is 0. The van der Waals surface area contributed by atoms with Crippen LogP contribution in [0, 0.1) is 0 Å². The van der Waals surface area contributed by atoms with Crippen LogP contribution in [0.15, 0.2) is 77.3 Å². The largest absolute Gasteiger partial charge is 0.0837 e. The van der Waals surface area contributed by atoms with Crippen LogP contribution < -0.4 is 0 Å². The smallest absolute Gasteiger partial charge is 0.0484 e. The number of benzene rings is 3. The topological polar surface area (TPSA) is 0 Å². The Labute approximate surface area is 132 Å². The van der Waals surface area contributed by atoms with Gasteiger partial charge in [0, 0.05) is 15.1 Å². The SMILES string of the molecule is Clc1ccccc1-c1cccc(-c2ccccc2)c1Br. The zero-order chi connectivity index (χ0) is 13.9. The minimum atomic E-state index is 0.762. The Hall–Kier alpha value is -1.57. The summed E-state index contributed by atoms with van der Waals surface area (Å²) < 4.78 is 1.07. The van der Waals surface area contributed by atoms with Gasteiger partial charge in [0.25, 0.3) is 0 Å². The third-order valence-electron chi connectivity index (χ3n) is 3.25. The van der Waals surface area contributed by atoms with Gasteiger partial charge in [0.1, 0.15) is 0 Å². The second-order valence-electron chi connectivity index (χ2n) is 4.51. The van der Waals surface area contributed by atoms with Gasteiger partial charge in [-0.15, -0.1) is 0 Å². The quantitative estimate of drug-likeness (QED) is 0.502. The first kappa shape index (κ1) is 13.4. The summed E-state index contributed by atoms with van der Waals surface area (Å²) in [4.78, 5) is 0. The Bertz CT molecular complexity index is 735. The van der Waals surface area contributed by atoms with Crippen LogP contribution >= 0.6 is 27.5 Å². The summed E-state index contributed by atoms with van der Waals surface area (Å²) in [6, 6.07) is 24.5. The monoisotopic (exact) mass is 342 g/mol. The maximum absolute atomic E-state index is 6.31. The fourth-order valence-corrected chi connectivity index (χ4v) is 3.20. The Kier molecular flexibility index (Phi) is 3.90. The van der Waals surface area contributed by atoms with Gasteiger partial charge in [0.2, 0.25) is 0 Å². The summed E-state index contributed by atoms with van der Waals surface area (Å²) >= 11 is 10.0. The Balaban J connectivity index is 2.19. The van der Waals surface area contributed by atoms with E-state index in [1.165, 1.54) is 11.1 Å². The van der Waals surface area contributed by atoms with Crippen molar-refractivity contribution in [2.24, 2.45) is 0 Å². The maximum atomic E-state index is 6.31. The van der Waals surface area contributed by atoms with E-state index in [1.807, 2.05) is 42.5 Å². The molecule has 0 spiro atoms. The van der Waals surface area contributed by atoms with E-state index < -0.39 is 0 Å². The van der Waals surface area contributed by atoms with E-state index in [4.69, 9.17) is 11.6 Å². The van der Waals surface area contributed by atoms with Crippen molar-refractivity contribution in [2.75, 3.05) is 0 Å². The predicted octanol–water partition coefficient (Wildman–Crippen LogP) is 6.44. The molecule has 0 N–H and O–H groups in total. The Morgan fingerprint density at radius 1 is 0.600 bits per heavy atom. The first-order valence-corrected chi connectivity index (χ1v) is 7.53. The molecule has 3 aromatic rings. The molecule has 0 bridgehead atoms. The molecular weight excluding hydrogens is 332 g/mol. The lowest BCUT2D eigenvalue weighted by atomic mass is 9.99. The van der Waals surface area contributed by atoms with Crippen molar-refractivity contribution in [2.45, 2.75) is 0 Å². The lowest BCUT2D eigenvalue weighted by Crippen LogP contribution is -1.85. The molecule has 0 nitrogen and oxygen atoms in total. The van der Waals surface area contributed by atoms with Crippen LogP contribution in [0.4, 0.5) is 0 Å². The minimum absolute atomic E-state index is 0.762.